The molecule has 0 bridgehead atoms. The summed E-state index contributed by atoms with van der Waals surface area (Å²) in [6.45, 7) is 6.81. The lowest BCUT2D eigenvalue weighted by atomic mass is 10.2. The number of nitrogens with zero attached hydrogens (tertiary/aromatic N) is 2. The lowest BCUT2D eigenvalue weighted by molar-refractivity contribution is -0.384. The number of carbonyl (C=O) groups excluding carboxylic acids is 2. The number of nitro benzene ring substituents is 1. The Morgan fingerprint density at radius 1 is 1.25 bits per heavy atom. The molecule has 1 N–H and O–H groups in total. The Morgan fingerprint density at radius 3 is 2.29 bits per heavy atom. The highest BCUT2D eigenvalue weighted by Gasteiger charge is 2.22. The van der Waals surface area contributed by atoms with E-state index in [0.717, 1.165) is 5.01 Å². The number of benzene rings is 1. The average molecular weight is 339 g/mol. The standard InChI is InChI=1S/C15H21N3O6/c1-5-23-14(20)17(16-13(19)24-15(2,3)4)10-11-6-8-12(9-7-11)18(21)22/h6-9H,5,10H2,1-4H3,(H,16,19). The number of nitrogens with one attached hydrogen (secondary N) is 1. The van der Waals surface area contributed by atoms with Gasteiger partial charge in [0.25, 0.3) is 5.69 Å². The molecule has 1 aromatic rings. The van der Waals surface area contributed by atoms with Gasteiger partial charge in [-0.1, -0.05) is 12.1 Å². The number of hydrazine groups is 1. The van der Waals surface area contributed by atoms with Crippen LogP contribution >= 0.6 is 0 Å². The molecule has 0 saturated heterocycles. The van der Waals surface area contributed by atoms with Gasteiger partial charge in [0, 0.05) is 12.1 Å². The van der Waals surface area contributed by atoms with Gasteiger partial charge in [0.05, 0.1) is 18.1 Å². The molecule has 0 aromatic heterocycles. The molecule has 0 spiro atoms. The van der Waals surface area contributed by atoms with E-state index in [4.69, 9.17) is 9.47 Å². The molecule has 0 heterocycles. The van der Waals surface area contributed by atoms with Crippen LogP contribution in [0.25, 0.3) is 0 Å². The molecule has 132 valence electrons. The third kappa shape index (κ3) is 6.51. The Hall–Kier alpha value is -2.84. The van der Waals surface area contributed by atoms with Crippen molar-refractivity contribution in [2.24, 2.45) is 0 Å². The number of amides is 2. The summed E-state index contributed by atoms with van der Waals surface area (Å²) in [5, 5.41) is 11.6. The number of carbonyl (C=O) groups is 2. The van der Waals surface area contributed by atoms with Crippen LogP contribution in [-0.2, 0) is 16.0 Å². The highest BCUT2D eigenvalue weighted by Crippen LogP contribution is 2.14. The Morgan fingerprint density at radius 2 is 1.83 bits per heavy atom. The molecule has 9 nitrogen and oxygen atoms in total. The van der Waals surface area contributed by atoms with Crippen LogP contribution in [0.2, 0.25) is 0 Å². The zero-order valence-electron chi connectivity index (χ0n) is 14.1. The second-order valence-corrected chi connectivity index (χ2v) is 5.82. The topological polar surface area (TPSA) is 111 Å². The first-order chi connectivity index (χ1) is 11.1. The average Bonchev–Trinajstić information content (AvgIpc) is 2.45. The van der Waals surface area contributed by atoms with Crippen molar-refractivity contribution in [3.05, 3.63) is 39.9 Å². The van der Waals surface area contributed by atoms with Gasteiger partial charge in [0.15, 0.2) is 0 Å². The van der Waals surface area contributed by atoms with E-state index in [1.807, 2.05) is 0 Å². The van der Waals surface area contributed by atoms with Crippen LogP contribution in [-0.4, -0.2) is 34.3 Å². The summed E-state index contributed by atoms with van der Waals surface area (Å²) >= 11 is 0. The van der Waals surface area contributed by atoms with E-state index in [0.29, 0.717) is 5.56 Å². The largest absolute Gasteiger partial charge is 0.448 e. The molecule has 0 atom stereocenters. The van der Waals surface area contributed by atoms with Gasteiger partial charge in [-0.3, -0.25) is 10.1 Å². The Kier molecular flexibility index (Phi) is 6.51. The number of non-ortho nitro benzene ring substituents is 1. The Labute approximate surface area is 139 Å². The molecule has 0 unspecified atom stereocenters. The Bertz CT molecular complexity index is 594. The minimum Gasteiger partial charge on any atom is -0.448 e. The molecule has 0 aliphatic carbocycles. The summed E-state index contributed by atoms with van der Waals surface area (Å²) in [6, 6.07) is 5.60. The van der Waals surface area contributed by atoms with Crippen molar-refractivity contribution in [3.8, 4) is 0 Å². The van der Waals surface area contributed by atoms with Gasteiger partial charge in [0.1, 0.15) is 5.60 Å². The van der Waals surface area contributed by atoms with Gasteiger partial charge in [0.2, 0.25) is 0 Å². The van der Waals surface area contributed by atoms with Gasteiger partial charge in [-0.15, -0.1) is 0 Å². The van der Waals surface area contributed by atoms with Gasteiger partial charge in [-0.25, -0.2) is 20.0 Å². The van der Waals surface area contributed by atoms with Crippen molar-refractivity contribution >= 4 is 17.9 Å². The van der Waals surface area contributed by atoms with Gasteiger partial charge in [-0.2, -0.15) is 0 Å². The van der Waals surface area contributed by atoms with Crippen molar-refractivity contribution < 1.29 is 24.0 Å². The molecule has 24 heavy (non-hydrogen) atoms. The van der Waals surface area contributed by atoms with Gasteiger partial charge < -0.3 is 9.47 Å². The van der Waals surface area contributed by atoms with Crippen LogP contribution in [0.1, 0.15) is 33.3 Å². The lowest BCUT2D eigenvalue weighted by Crippen LogP contribution is -2.47. The van der Waals surface area contributed by atoms with Crippen molar-refractivity contribution in [1.82, 2.24) is 10.4 Å². The Balaban J connectivity index is 2.84. The first-order valence-corrected chi connectivity index (χ1v) is 7.29. The van der Waals surface area contributed by atoms with E-state index in [-0.39, 0.29) is 18.8 Å². The molecule has 0 aliphatic heterocycles. The van der Waals surface area contributed by atoms with E-state index in [1.165, 1.54) is 24.3 Å². The summed E-state index contributed by atoms with van der Waals surface area (Å²) < 4.78 is 9.97. The number of nitro groups is 1. The molecule has 0 fully saturated rings. The zero-order valence-corrected chi connectivity index (χ0v) is 14.1. The molecular formula is C15H21N3O6. The first kappa shape index (κ1) is 19.2. The first-order valence-electron chi connectivity index (χ1n) is 7.29. The van der Waals surface area contributed by atoms with E-state index in [1.54, 1.807) is 27.7 Å². The third-order valence-electron chi connectivity index (χ3n) is 2.60. The molecule has 1 aromatic carbocycles. The van der Waals surface area contributed by atoms with Crippen LogP contribution < -0.4 is 5.43 Å². The predicted octanol–water partition coefficient (Wildman–Crippen LogP) is 2.99. The minimum absolute atomic E-state index is 0.0317. The normalized spacial score (nSPS) is 10.7. The quantitative estimate of drug-likeness (QED) is 0.667. The molecule has 0 saturated carbocycles. The summed E-state index contributed by atoms with van der Waals surface area (Å²) in [5.74, 6) is 0. The third-order valence-corrected chi connectivity index (χ3v) is 2.60. The van der Waals surface area contributed by atoms with Crippen molar-refractivity contribution in [2.45, 2.75) is 39.8 Å². The second kappa shape index (κ2) is 8.14. The van der Waals surface area contributed by atoms with Crippen molar-refractivity contribution in [1.29, 1.82) is 0 Å². The van der Waals surface area contributed by atoms with E-state index in [2.05, 4.69) is 5.43 Å². The zero-order chi connectivity index (χ0) is 18.3. The monoisotopic (exact) mass is 339 g/mol. The SMILES string of the molecule is CCOC(=O)N(Cc1ccc([N+](=O)[O-])cc1)NC(=O)OC(C)(C)C. The smallest absolute Gasteiger partial charge is 0.429 e. The molecule has 9 heteroatoms. The highest BCUT2D eigenvalue weighted by molar-refractivity contribution is 5.74. The second-order valence-electron chi connectivity index (χ2n) is 5.82. The van der Waals surface area contributed by atoms with E-state index >= 15 is 0 Å². The maximum atomic E-state index is 11.9. The van der Waals surface area contributed by atoms with Crippen LogP contribution in [0, 0.1) is 10.1 Å². The summed E-state index contributed by atoms with van der Waals surface area (Å²) in [7, 11) is 0. The maximum absolute atomic E-state index is 11.9. The molecule has 2 amide bonds. The highest BCUT2D eigenvalue weighted by atomic mass is 16.6. The van der Waals surface area contributed by atoms with E-state index < -0.39 is 22.7 Å². The summed E-state index contributed by atoms with van der Waals surface area (Å²) in [4.78, 5) is 33.9. The van der Waals surface area contributed by atoms with Crippen LogP contribution in [0.15, 0.2) is 24.3 Å². The summed E-state index contributed by atoms with van der Waals surface area (Å²) in [5.41, 5.74) is 2.09. The number of hydrogen-bond acceptors (Lipinski definition) is 6. The van der Waals surface area contributed by atoms with Crippen molar-refractivity contribution in [2.75, 3.05) is 6.61 Å². The van der Waals surface area contributed by atoms with E-state index in [9.17, 15) is 19.7 Å². The number of rotatable bonds is 4. The fourth-order valence-corrected chi connectivity index (χ4v) is 1.67. The maximum Gasteiger partial charge on any atom is 0.429 e. The molecular weight excluding hydrogens is 318 g/mol. The number of ether oxygens (including phenoxy) is 2. The molecule has 1 rings (SSSR count). The lowest BCUT2D eigenvalue weighted by Gasteiger charge is -2.25. The minimum atomic E-state index is -0.808. The van der Waals surface area contributed by atoms with Crippen LogP contribution in [0.4, 0.5) is 15.3 Å². The van der Waals surface area contributed by atoms with Crippen molar-refractivity contribution in [3.63, 3.8) is 0 Å². The molecule has 0 radical (unpaired) electrons. The molecule has 0 aliphatic rings. The van der Waals surface area contributed by atoms with Crippen LogP contribution in [0.3, 0.4) is 0 Å². The predicted molar refractivity (Wildman–Crippen MR) is 85.0 cm³/mol. The number of hydrogen-bond donors (Lipinski definition) is 1. The fraction of sp³-hybridized carbons (Fsp3) is 0.467. The van der Waals surface area contributed by atoms with Crippen LogP contribution in [0.5, 0.6) is 0 Å². The summed E-state index contributed by atoms with van der Waals surface area (Å²) in [6.07, 6.45) is -1.57. The van der Waals surface area contributed by atoms with Gasteiger partial charge in [-0.05, 0) is 33.3 Å². The van der Waals surface area contributed by atoms with Gasteiger partial charge >= 0.3 is 12.2 Å². The fourth-order valence-electron chi connectivity index (χ4n) is 1.67.